The van der Waals surface area contributed by atoms with Crippen LogP contribution in [0.4, 0.5) is 0 Å². The lowest BCUT2D eigenvalue weighted by molar-refractivity contribution is -0.525. The Hall–Kier alpha value is -2.95. The summed E-state index contributed by atoms with van der Waals surface area (Å²) in [6.45, 7) is 13.4. The Balaban J connectivity index is 1.50. The zero-order valence-corrected chi connectivity index (χ0v) is 29.2. The zero-order chi connectivity index (χ0) is 34.6. The van der Waals surface area contributed by atoms with E-state index in [1.807, 2.05) is 13.8 Å². The van der Waals surface area contributed by atoms with Crippen LogP contribution >= 0.6 is 0 Å². The molecule has 4 aliphatic rings. The van der Waals surface area contributed by atoms with Crippen molar-refractivity contribution in [1.29, 1.82) is 0 Å². The number of aliphatic imine (C=N–C) groups is 1. The monoisotopic (exact) mass is 678 g/mol. The van der Waals surface area contributed by atoms with Gasteiger partial charge in [-0.05, 0) is 92.9 Å². The largest absolute Gasteiger partial charge is 0.494 e. The molecule has 0 radical (unpaired) electrons. The number of hydrogen-bond acceptors (Lipinski definition) is 9. The Labute approximate surface area is 278 Å². The van der Waals surface area contributed by atoms with E-state index in [0.29, 0.717) is 30.6 Å². The minimum absolute atomic E-state index is 0.0182. The van der Waals surface area contributed by atoms with Crippen molar-refractivity contribution >= 4 is 29.0 Å². The maximum absolute atomic E-state index is 13.9. The molecule has 2 bridgehead atoms. The number of hydrazine groups is 1. The van der Waals surface area contributed by atoms with E-state index in [0.717, 1.165) is 25.7 Å². The lowest BCUT2D eigenvalue weighted by Gasteiger charge is -2.64. The highest BCUT2D eigenvalue weighted by atomic mass is 32.2. The van der Waals surface area contributed by atoms with Crippen LogP contribution in [-0.2, 0) is 24.1 Å². The van der Waals surface area contributed by atoms with Crippen molar-refractivity contribution < 1.29 is 32.3 Å². The fourth-order valence-corrected chi connectivity index (χ4v) is 8.50. The normalized spacial score (nSPS) is 26.2. The quantitative estimate of drug-likeness (QED) is 0.0474. The fraction of sp³-hybridized carbons (Fsp3) is 0.742. The molecule has 4 fully saturated rings. The van der Waals surface area contributed by atoms with Crippen LogP contribution in [0.25, 0.3) is 0 Å². The van der Waals surface area contributed by atoms with Crippen molar-refractivity contribution in [2.24, 2.45) is 33.9 Å². The number of guanidine groups is 1. The third-order valence-electron chi connectivity index (χ3n) is 10.0. The van der Waals surface area contributed by atoms with E-state index in [-0.39, 0.29) is 47.7 Å². The smallest absolute Gasteiger partial charge is 0.481 e. The molecule has 0 spiro atoms. The highest BCUT2D eigenvalue weighted by Crippen LogP contribution is 2.65. The maximum Gasteiger partial charge on any atom is 0.481 e. The third kappa shape index (κ3) is 8.75. The second kappa shape index (κ2) is 15.1. The van der Waals surface area contributed by atoms with Crippen LogP contribution in [0.5, 0.6) is 5.75 Å². The molecule has 3 saturated carbocycles. The second-order valence-electron chi connectivity index (χ2n) is 14.2. The number of ether oxygens (including phenoxy) is 1. The predicted octanol–water partition coefficient (Wildman–Crippen LogP) is 3.19. The van der Waals surface area contributed by atoms with E-state index in [2.05, 4.69) is 42.7 Å². The van der Waals surface area contributed by atoms with E-state index < -0.39 is 45.7 Å². The number of nitrogens with two attached hydrogens (primary N) is 1. The predicted molar refractivity (Wildman–Crippen MR) is 178 cm³/mol. The van der Waals surface area contributed by atoms with E-state index in [4.69, 9.17) is 19.8 Å². The molecule has 1 aromatic rings. The van der Waals surface area contributed by atoms with Gasteiger partial charge in [-0.15, -0.1) is 0 Å². The number of carbonyl (C=O) groups excluding carboxylic acids is 1. The number of unbranched alkanes of at least 4 members (excludes halogenated alkanes) is 1. The molecule has 1 heterocycles. The summed E-state index contributed by atoms with van der Waals surface area (Å²) in [7, 11) is -4.81. The molecule has 1 aromatic carbocycles. The number of nitrogens with one attached hydrogen (secondary N) is 3. The van der Waals surface area contributed by atoms with Gasteiger partial charge in [-0.3, -0.25) is 4.79 Å². The first-order chi connectivity index (χ1) is 22.1. The molecule has 47 heavy (non-hydrogen) atoms. The third-order valence-corrected chi connectivity index (χ3v) is 11.5. The van der Waals surface area contributed by atoms with Crippen molar-refractivity contribution in [3.05, 3.63) is 34.4 Å². The Bertz CT molecular complexity index is 1390. The summed E-state index contributed by atoms with van der Waals surface area (Å²) in [5, 5.41) is 12.9. The van der Waals surface area contributed by atoms with Crippen molar-refractivity contribution in [1.82, 2.24) is 15.5 Å². The molecule has 5 N–H and O–H groups in total. The molecule has 0 unspecified atom stereocenters. The lowest BCUT2D eigenvalue weighted by atomic mass is 9.43. The van der Waals surface area contributed by atoms with Crippen molar-refractivity contribution in [3.8, 4) is 5.75 Å². The van der Waals surface area contributed by atoms with Gasteiger partial charge in [0.05, 0.1) is 29.1 Å². The van der Waals surface area contributed by atoms with Crippen LogP contribution in [0.2, 0.25) is 0 Å². The standard InChI is InChI=1S/C31H51BN6O8S/c1-7-8-16-44-22-11-13-23(14-12-22)47(42,43)37-24(10-9-15-34-29(33)36-38(40)41)28(39)35-27(17-20(2)3)32-45-26-19-21-18-25(30(21,4)5)31(26,6)46-32/h11-14,20-21,24-27,37H,7-10,15-19H2,1-6H3,(H,35,39)(H3,33,34,36)/t21-,24-,25-,26+,27-,31-/m0/s1. The number of carbonyl (C=O) groups is 1. The van der Waals surface area contributed by atoms with Gasteiger partial charge in [0.2, 0.25) is 15.9 Å². The molecule has 0 aromatic heterocycles. The van der Waals surface area contributed by atoms with Gasteiger partial charge >= 0.3 is 7.12 Å². The van der Waals surface area contributed by atoms with Crippen LogP contribution in [-0.4, -0.2) is 69.3 Å². The van der Waals surface area contributed by atoms with Crippen molar-refractivity contribution in [3.63, 3.8) is 0 Å². The van der Waals surface area contributed by atoms with Gasteiger partial charge in [0.25, 0.3) is 5.96 Å². The summed E-state index contributed by atoms with van der Waals surface area (Å²) in [4.78, 5) is 28.4. The second-order valence-corrected chi connectivity index (χ2v) is 15.9. The molecular formula is C31H51BN6O8S. The van der Waals surface area contributed by atoms with Crippen LogP contribution in [0.1, 0.15) is 86.5 Å². The summed E-state index contributed by atoms with van der Waals surface area (Å²) in [6, 6.07) is 4.85. The summed E-state index contributed by atoms with van der Waals surface area (Å²) >= 11 is 0. The molecule has 3 aliphatic carbocycles. The molecule has 14 nitrogen and oxygen atoms in total. The van der Waals surface area contributed by atoms with Gasteiger partial charge in [-0.25, -0.2) is 23.5 Å². The Morgan fingerprint density at radius 3 is 2.53 bits per heavy atom. The van der Waals surface area contributed by atoms with Gasteiger partial charge < -0.3 is 25.1 Å². The Morgan fingerprint density at radius 2 is 1.91 bits per heavy atom. The van der Waals surface area contributed by atoms with Gasteiger partial charge in [0.1, 0.15) is 11.8 Å². The van der Waals surface area contributed by atoms with Gasteiger partial charge in [0.15, 0.2) is 5.03 Å². The van der Waals surface area contributed by atoms with Gasteiger partial charge in [0, 0.05) is 6.54 Å². The first kappa shape index (κ1) is 36.9. The van der Waals surface area contributed by atoms with Crippen molar-refractivity contribution in [2.45, 2.75) is 115 Å². The first-order valence-electron chi connectivity index (χ1n) is 16.7. The molecular weight excluding hydrogens is 627 g/mol. The lowest BCUT2D eigenvalue weighted by Crippen LogP contribution is -2.65. The summed E-state index contributed by atoms with van der Waals surface area (Å²) < 4.78 is 48.4. The van der Waals surface area contributed by atoms with Crippen LogP contribution in [0.3, 0.4) is 0 Å². The van der Waals surface area contributed by atoms with E-state index in [1.165, 1.54) is 12.1 Å². The number of hydrogen-bond donors (Lipinski definition) is 4. The van der Waals surface area contributed by atoms with Crippen LogP contribution in [0, 0.1) is 33.3 Å². The minimum Gasteiger partial charge on any atom is -0.494 e. The zero-order valence-electron chi connectivity index (χ0n) is 28.4. The Kier molecular flexibility index (Phi) is 11.8. The molecule has 5 rings (SSSR count). The highest BCUT2D eigenvalue weighted by Gasteiger charge is 2.68. The Morgan fingerprint density at radius 1 is 1.21 bits per heavy atom. The van der Waals surface area contributed by atoms with Gasteiger partial charge in [-0.2, -0.15) is 4.72 Å². The minimum atomic E-state index is -4.13. The van der Waals surface area contributed by atoms with Gasteiger partial charge in [-0.1, -0.05) is 46.5 Å². The summed E-state index contributed by atoms with van der Waals surface area (Å²) in [5.41, 5.74) is 6.98. The van der Waals surface area contributed by atoms with E-state index in [1.54, 1.807) is 17.6 Å². The summed E-state index contributed by atoms with van der Waals surface area (Å²) in [6.07, 6.45) is 4.60. The van der Waals surface area contributed by atoms with E-state index in [9.17, 15) is 23.3 Å². The topological polar surface area (TPSA) is 197 Å². The molecule has 1 amide bonds. The molecule has 16 heteroatoms. The molecule has 262 valence electrons. The highest BCUT2D eigenvalue weighted by molar-refractivity contribution is 7.89. The number of rotatable bonds is 17. The maximum atomic E-state index is 13.9. The number of nitro groups is 1. The fourth-order valence-electron chi connectivity index (χ4n) is 7.27. The SMILES string of the molecule is CCCCOc1ccc(S(=O)(=O)N[C@@H](CCCN=C(N)N[N+](=O)[O-])C(=O)N[C@@H](CC(C)C)B2O[C@@H]3C[C@@H]4C[C@@H](C4(C)C)[C@]3(C)O2)cc1. The number of benzene rings is 1. The van der Waals surface area contributed by atoms with Crippen LogP contribution in [0.15, 0.2) is 34.2 Å². The average Bonchev–Trinajstić information content (AvgIpc) is 3.35. The number of amides is 1. The number of sulfonamides is 1. The van der Waals surface area contributed by atoms with Crippen LogP contribution < -0.4 is 25.9 Å². The molecule has 1 aliphatic heterocycles. The van der Waals surface area contributed by atoms with E-state index >= 15 is 0 Å². The summed E-state index contributed by atoms with van der Waals surface area (Å²) in [5.74, 6) is 0.215. The van der Waals surface area contributed by atoms with Crippen molar-refractivity contribution in [2.75, 3.05) is 13.2 Å². The molecule has 6 atom stereocenters. The average molecular weight is 679 g/mol. The number of nitrogens with zero attached hydrogens (tertiary/aromatic N) is 2. The first-order valence-corrected chi connectivity index (χ1v) is 18.1. The molecule has 1 saturated heterocycles.